The number of nitrogens with zero attached hydrogens (tertiary/aromatic N) is 3. The summed E-state index contributed by atoms with van der Waals surface area (Å²) in [5, 5.41) is 4.14. The van der Waals surface area contributed by atoms with Crippen molar-refractivity contribution in [2.75, 3.05) is 18.5 Å². The predicted octanol–water partition coefficient (Wildman–Crippen LogP) is 4.73. The first-order chi connectivity index (χ1) is 13.1. The molecule has 144 valence electrons. The number of likely N-dealkylation sites (tertiary alicyclic amines) is 1. The summed E-state index contributed by atoms with van der Waals surface area (Å²) in [6.45, 7) is 2.66. The molecule has 0 radical (unpaired) electrons. The summed E-state index contributed by atoms with van der Waals surface area (Å²) in [5.74, 6) is 0.879. The van der Waals surface area contributed by atoms with Crippen molar-refractivity contribution >= 4 is 11.6 Å². The Morgan fingerprint density at radius 1 is 1.11 bits per heavy atom. The molecule has 2 fully saturated rings. The summed E-state index contributed by atoms with van der Waals surface area (Å²) < 4.78 is 5.22. The number of hydrogen-bond donors (Lipinski definition) is 0. The van der Waals surface area contributed by atoms with Crippen LogP contribution >= 0.6 is 0 Å². The van der Waals surface area contributed by atoms with Crippen LogP contribution in [0.2, 0.25) is 0 Å². The number of hydrogen-bond acceptors (Lipinski definition) is 4. The fraction of sp³-hybridized carbons (Fsp3) is 0.545. The third-order valence-electron chi connectivity index (χ3n) is 6.15. The van der Waals surface area contributed by atoms with Crippen molar-refractivity contribution in [3.63, 3.8) is 0 Å². The van der Waals surface area contributed by atoms with Gasteiger partial charge >= 0.3 is 0 Å². The number of carbonyl (C=O) groups excluding carboxylic acids is 1. The van der Waals surface area contributed by atoms with E-state index in [2.05, 4.69) is 29.2 Å². The zero-order valence-electron chi connectivity index (χ0n) is 16.4. The van der Waals surface area contributed by atoms with Gasteiger partial charge in [-0.25, -0.2) is 0 Å². The van der Waals surface area contributed by atoms with Gasteiger partial charge in [0.2, 0.25) is 0 Å². The smallest absolute Gasteiger partial charge is 0.254 e. The molecule has 2 heterocycles. The Hall–Kier alpha value is -2.30. The Morgan fingerprint density at radius 2 is 1.85 bits per heavy atom. The highest BCUT2D eigenvalue weighted by Crippen LogP contribution is 2.33. The van der Waals surface area contributed by atoms with Gasteiger partial charge in [0, 0.05) is 37.0 Å². The zero-order valence-corrected chi connectivity index (χ0v) is 16.4. The average Bonchev–Trinajstić information content (AvgIpc) is 3.36. The Kier molecular flexibility index (Phi) is 5.19. The van der Waals surface area contributed by atoms with Gasteiger partial charge in [-0.15, -0.1) is 0 Å². The Balaban J connectivity index is 1.47. The highest BCUT2D eigenvalue weighted by molar-refractivity contribution is 5.95. The van der Waals surface area contributed by atoms with E-state index in [1.165, 1.54) is 37.8 Å². The molecule has 2 aliphatic rings. The molecule has 1 atom stereocenters. The summed E-state index contributed by atoms with van der Waals surface area (Å²) in [6.07, 6.45) is 8.49. The van der Waals surface area contributed by atoms with Crippen molar-refractivity contribution in [3.05, 3.63) is 47.3 Å². The van der Waals surface area contributed by atoms with Gasteiger partial charge in [-0.2, -0.15) is 0 Å². The van der Waals surface area contributed by atoms with Crippen LogP contribution in [0, 0.1) is 6.92 Å². The van der Waals surface area contributed by atoms with E-state index in [1.807, 2.05) is 30.0 Å². The van der Waals surface area contributed by atoms with Crippen molar-refractivity contribution in [1.82, 2.24) is 10.1 Å². The Bertz CT molecular complexity index is 777. The lowest BCUT2D eigenvalue weighted by molar-refractivity contribution is 0.0731. The maximum atomic E-state index is 13.1. The molecule has 1 amide bonds. The first-order valence-electron chi connectivity index (χ1n) is 10.2. The van der Waals surface area contributed by atoms with Gasteiger partial charge in [-0.3, -0.25) is 4.79 Å². The van der Waals surface area contributed by atoms with Gasteiger partial charge < -0.3 is 14.3 Å². The van der Waals surface area contributed by atoms with Crippen molar-refractivity contribution in [3.8, 4) is 0 Å². The number of benzene rings is 1. The Morgan fingerprint density at radius 3 is 2.52 bits per heavy atom. The molecular weight excluding hydrogens is 338 g/mol. The standard InChI is InChI=1S/C22H29N3O2/c1-16-15-20(23-27-16)21-9-6-14-25(21)22(26)17-10-12-19(13-11-17)24(2)18-7-4-3-5-8-18/h10-13,15,18,21H,3-9,14H2,1-2H3. The molecule has 1 aliphatic heterocycles. The van der Waals surface area contributed by atoms with Crippen LogP contribution in [0.3, 0.4) is 0 Å². The van der Waals surface area contributed by atoms with Crippen molar-refractivity contribution in [2.45, 2.75) is 64.0 Å². The van der Waals surface area contributed by atoms with Gasteiger partial charge in [-0.05, 0) is 56.9 Å². The zero-order chi connectivity index (χ0) is 18.8. The second kappa shape index (κ2) is 7.75. The highest BCUT2D eigenvalue weighted by atomic mass is 16.5. The minimum absolute atomic E-state index is 0.0274. The number of amides is 1. The van der Waals surface area contributed by atoms with Gasteiger partial charge in [0.15, 0.2) is 0 Å². The van der Waals surface area contributed by atoms with Crippen molar-refractivity contribution < 1.29 is 9.32 Å². The van der Waals surface area contributed by atoms with E-state index in [0.29, 0.717) is 6.04 Å². The molecule has 5 nitrogen and oxygen atoms in total. The molecule has 1 aromatic carbocycles. The van der Waals surface area contributed by atoms with Gasteiger partial charge in [0.05, 0.1) is 6.04 Å². The number of carbonyl (C=O) groups is 1. The molecule has 0 N–H and O–H groups in total. The van der Waals surface area contributed by atoms with Crippen LogP contribution in [0.5, 0.6) is 0 Å². The topological polar surface area (TPSA) is 49.6 Å². The van der Waals surface area contributed by atoms with Gasteiger partial charge in [-0.1, -0.05) is 24.4 Å². The third kappa shape index (κ3) is 3.73. The van der Waals surface area contributed by atoms with Crippen LogP contribution in [0.1, 0.15) is 72.8 Å². The monoisotopic (exact) mass is 367 g/mol. The number of anilines is 1. The Labute approximate surface area is 161 Å². The number of aromatic nitrogens is 1. The van der Waals surface area contributed by atoms with Gasteiger partial charge in [0.1, 0.15) is 11.5 Å². The van der Waals surface area contributed by atoms with Crippen LogP contribution < -0.4 is 4.90 Å². The van der Waals surface area contributed by atoms with E-state index in [9.17, 15) is 4.79 Å². The SMILES string of the molecule is Cc1cc(C2CCCN2C(=O)c2ccc(N(C)C3CCCCC3)cc2)no1. The van der Waals surface area contributed by atoms with Crippen LogP contribution in [0.25, 0.3) is 0 Å². The minimum Gasteiger partial charge on any atom is -0.372 e. The maximum absolute atomic E-state index is 13.1. The predicted molar refractivity (Wildman–Crippen MR) is 106 cm³/mol. The maximum Gasteiger partial charge on any atom is 0.254 e. The molecule has 1 aromatic heterocycles. The van der Waals surface area contributed by atoms with E-state index in [1.54, 1.807) is 0 Å². The summed E-state index contributed by atoms with van der Waals surface area (Å²) >= 11 is 0. The molecule has 1 aliphatic carbocycles. The summed E-state index contributed by atoms with van der Waals surface area (Å²) in [7, 11) is 2.18. The third-order valence-corrected chi connectivity index (χ3v) is 6.15. The van der Waals surface area contributed by atoms with Crippen LogP contribution in [0.4, 0.5) is 5.69 Å². The van der Waals surface area contributed by atoms with E-state index in [-0.39, 0.29) is 11.9 Å². The fourth-order valence-electron chi connectivity index (χ4n) is 4.54. The van der Waals surface area contributed by atoms with Crippen LogP contribution in [-0.4, -0.2) is 35.6 Å². The molecule has 27 heavy (non-hydrogen) atoms. The summed E-state index contributed by atoms with van der Waals surface area (Å²) in [4.78, 5) is 17.4. The summed E-state index contributed by atoms with van der Waals surface area (Å²) in [6, 6.07) is 10.7. The molecule has 0 spiro atoms. The molecule has 5 heteroatoms. The molecule has 0 bridgehead atoms. The quantitative estimate of drug-likeness (QED) is 0.784. The number of rotatable bonds is 4. The largest absolute Gasteiger partial charge is 0.372 e. The first kappa shape index (κ1) is 18.1. The lowest BCUT2D eigenvalue weighted by Crippen LogP contribution is -2.33. The molecule has 1 unspecified atom stereocenters. The number of aryl methyl sites for hydroxylation is 1. The van der Waals surface area contributed by atoms with E-state index < -0.39 is 0 Å². The van der Waals surface area contributed by atoms with Crippen molar-refractivity contribution in [1.29, 1.82) is 0 Å². The summed E-state index contributed by atoms with van der Waals surface area (Å²) in [5.41, 5.74) is 2.82. The molecule has 1 saturated carbocycles. The van der Waals surface area contributed by atoms with E-state index in [4.69, 9.17) is 4.52 Å². The minimum atomic E-state index is 0.0274. The normalized spacial score (nSPS) is 20.8. The van der Waals surface area contributed by atoms with E-state index in [0.717, 1.165) is 36.4 Å². The van der Waals surface area contributed by atoms with Crippen LogP contribution in [-0.2, 0) is 0 Å². The lowest BCUT2D eigenvalue weighted by atomic mass is 9.94. The molecular formula is C22H29N3O2. The lowest BCUT2D eigenvalue weighted by Gasteiger charge is -2.33. The van der Waals surface area contributed by atoms with Crippen LogP contribution in [0.15, 0.2) is 34.9 Å². The highest BCUT2D eigenvalue weighted by Gasteiger charge is 2.32. The average molecular weight is 367 g/mol. The molecule has 2 aromatic rings. The molecule has 1 saturated heterocycles. The van der Waals surface area contributed by atoms with E-state index >= 15 is 0 Å². The second-order valence-corrected chi connectivity index (χ2v) is 7.97. The molecule has 4 rings (SSSR count). The second-order valence-electron chi connectivity index (χ2n) is 7.97. The fourth-order valence-corrected chi connectivity index (χ4v) is 4.54. The first-order valence-corrected chi connectivity index (χ1v) is 10.2. The van der Waals surface area contributed by atoms with Crippen molar-refractivity contribution in [2.24, 2.45) is 0 Å². The van der Waals surface area contributed by atoms with Gasteiger partial charge in [0.25, 0.3) is 5.91 Å².